The summed E-state index contributed by atoms with van der Waals surface area (Å²) in [6.45, 7) is 4.90. The number of hydrogen-bond donors (Lipinski definition) is 1. The molecule has 1 aromatic carbocycles. The second-order valence-electron chi connectivity index (χ2n) is 5.66. The smallest absolute Gasteiger partial charge is 0.238 e. The Balaban J connectivity index is 1.43. The van der Waals surface area contributed by atoms with Crippen molar-refractivity contribution >= 4 is 22.9 Å². The molecule has 0 atom stereocenters. The van der Waals surface area contributed by atoms with E-state index in [1.165, 1.54) is 10.9 Å². The number of thiophene rings is 1. The molecule has 4 nitrogen and oxygen atoms in total. The third-order valence-electron chi connectivity index (χ3n) is 3.94. The summed E-state index contributed by atoms with van der Waals surface area (Å²) in [6.07, 6.45) is 0. The van der Waals surface area contributed by atoms with Crippen LogP contribution in [0.25, 0.3) is 0 Å². The second kappa shape index (κ2) is 7.68. The lowest BCUT2D eigenvalue weighted by Crippen LogP contribution is -2.48. The molecule has 1 aliphatic rings. The average Bonchev–Trinajstić information content (AvgIpc) is 3.04. The Bertz CT molecular complexity index is 639. The Labute approximate surface area is 139 Å². The van der Waals surface area contributed by atoms with Crippen LogP contribution in [0.2, 0.25) is 0 Å². The summed E-state index contributed by atoms with van der Waals surface area (Å²) in [4.78, 5) is 17.9. The van der Waals surface area contributed by atoms with Crippen LogP contribution in [0.5, 0.6) is 0 Å². The van der Waals surface area contributed by atoms with Gasteiger partial charge in [-0.3, -0.25) is 14.6 Å². The highest BCUT2D eigenvalue weighted by Gasteiger charge is 2.19. The van der Waals surface area contributed by atoms with E-state index in [1.807, 2.05) is 0 Å². The van der Waals surface area contributed by atoms with Gasteiger partial charge in [-0.1, -0.05) is 18.2 Å². The van der Waals surface area contributed by atoms with Gasteiger partial charge in [0.1, 0.15) is 5.82 Å². The molecule has 0 bridgehead atoms. The molecule has 1 aliphatic heterocycles. The van der Waals surface area contributed by atoms with E-state index in [1.54, 1.807) is 29.5 Å². The number of rotatable bonds is 5. The van der Waals surface area contributed by atoms with Crippen LogP contribution >= 0.6 is 11.3 Å². The number of nitrogens with one attached hydrogen (secondary N) is 1. The maximum absolute atomic E-state index is 13.5. The number of anilines is 1. The van der Waals surface area contributed by atoms with Gasteiger partial charge in [0, 0.05) is 37.6 Å². The molecule has 0 radical (unpaired) electrons. The minimum absolute atomic E-state index is 0.165. The summed E-state index contributed by atoms with van der Waals surface area (Å²) < 4.78 is 13.5. The lowest BCUT2D eigenvalue weighted by atomic mass is 10.3. The molecule has 0 saturated carbocycles. The van der Waals surface area contributed by atoms with Crippen LogP contribution in [0.3, 0.4) is 0 Å². The summed E-state index contributed by atoms with van der Waals surface area (Å²) in [6, 6.07) is 10.5. The van der Waals surface area contributed by atoms with Crippen LogP contribution in [0.1, 0.15) is 4.88 Å². The highest BCUT2D eigenvalue weighted by Crippen LogP contribution is 2.14. The molecule has 1 N–H and O–H groups in total. The van der Waals surface area contributed by atoms with Crippen molar-refractivity contribution in [2.45, 2.75) is 6.54 Å². The lowest BCUT2D eigenvalue weighted by molar-refractivity contribution is -0.117. The van der Waals surface area contributed by atoms with E-state index in [0.29, 0.717) is 6.54 Å². The highest BCUT2D eigenvalue weighted by atomic mass is 32.1. The van der Waals surface area contributed by atoms with Gasteiger partial charge in [0.15, 0.2) is 0 Å². The molecule has 1 aromatic heterocycles. The number of halogens is 1. The number of para-hydroxylation sites is 1. The Morgan fingerprint density at radius 1 is 1.09 bits per heavy atom. The lowest BCUT2D eigenvalue weighted by Gasteiger charge is -2.34. The first-order chi connectivity index (χ1) is 11.2. The molecular formula is C17H20FN3OS. The van der Waals surface area contributed by atoms with Gasteiger partial charge < -0.3 is 5.32 Å². The molecule has 3 rings (SSSR count). The van der Waals surface area contributed by atoms with Crippen molar-refractivity contribution in [2.75, 3.05) is 38.0 Å². The third kappa shape index (κ3) is 4.60. The Morgan fingerprint density at radius 2 is 1.83 bits per heavy atom. The maximum Gasteiger partial charge on any atom is 0.238 e. The molecule has 0 aliphatic carbocycles. The van der Waals surface area contributed by atoms with Crippen LogP contribution in [-0.2, 0) is 11.3 Å². The monoisotopic (exact) mass is 333 g/mol. The molecule has 1 amide bonds. The van der Waals surface area contributed by atoms with Crippen molar-refractivity contribution in [2.24, 2.45) is 0 Å². The molecule has 2 aromatic rings. The summed E-state index contributed by atoms with van der Waals surface area (Å²) >= 11 is 1.78. The summed E-state index contributed by atoms with van der Waals surface area (Å²) in [5.41, 5.74) is 0.244. The first kappa shape index (κ1) is 16.1. The van der Waals surface area contributed by atoms with Gasteiger partial charge in [0.2, 0.25) is 5.91 Å². The van der Waals surface area contributed by atoms with Crippen molar-refractivity contribution in [3.63, 3.8) is 0 Å². The zero-order valence-electron chi connectivity index (χ0n) is 12.9. The van der Waals surface area contributed by atoms with Gasteiger partial charge in [0.05, 0.1) is 12.2 Å². The standard InChI is InChI=1S/C17H20FN3OS/c18-15-5-1-2-6-16(15)19-17(22)13-21-9-7-20(8-10-21)12-14-4-3-11-23-14/h1-6,11H,7-10,12-13H2,(H,19,22). The molecule has 122 valence electrons. The molecule has 23 heavy (non-hydrogen) atoms. The van der Waals surface area contributed by atoms with Gasteiger partial charge in [-0.15, -0.1) is 11.3 Å². The first-order valence-electron chi connectivity index (χ1n) is 7.72. The second-order valence-corrected chi connectivity index (χ2v) is 6.69. The van der Waals surface area contributed by atoms with Crippen LogP contribution in [-0.4, -0.2) is 48.4 Å². The van der Waals surface area contributed by atoms with E-state index in [2.05, 4.69) is 32.6 Å². The van der Waals surface area contributed by atoms with E-state index in [4.69, 9.17) is 0 Å². The fourth-order valence-corrected chi connectivity index (χ4v) is 3.43. The van der Waals surface area contributed by atoms with Gasteiger partial charge in [-0.25, -0.2) is 4.39 Å². The quantitative estimate of drug-likeness (QED) is 0.914. The maximum atomic E-state index is 13.5. The van der Waals surface area contributed by atoms with Crippen LogP contribution < -0.4 is 5.32 Å². The normalized spacial score (nSPS) is 16.4. The molecule has 1 fully saturated rings. The fourth-order valence-electron chi connectivity index (χ4n) is 2.68. The van der Waals surface area contributed by atoms with Gasteiger partial charge in [0.25, 0.3) is 0 Å². The van der Waals surface area contributed by atoms with Crippen molar-refractivity contribution < 1.29 is 9.18 Å². The minimum atomic E-state index is -0.401. The van der Waals surface area contributed by atoms with E-state index in [-0.39, 0.29) is 11.6 Å². The number of nitrogens with zero attached hydrogens (tertiary/aromatic N) is 2. The molecule has 0 spiro atoms. The molecule has 0 unspecified atom stereocenters. The molecular weight excluding hydrogens is 313 g/mol. The van der Waals surface area contributed by atoms with Crippen molar-refractivity contribution in [3.8, 4) is 0 Å². The number of benzene rings is 1. The number of amides is 1. The van der Waals surface area contributed by atoms with E-state index < -0.39 is 5.82 Å². The zero-order chi connectivity index (χ0) is 16.1. The predicted molar refractivity (Wildman–Crippen MR) is 91.1 cm³/mol. The van der Waals surface area contributed by atoms with Crippen LogP contribution in [0, 0.1) is 5.82 Å². The average molecular weight is 333 g/mol. The third-order valence-corrected chi connectivity index (χ3v) is 4.80. The van der Waals surface area contributed by atoms with Gasteiger partial charge >= 0.3 is 0 Å². The van der Waals surface area contributed by atoms with Crippen LogP contribution in [0.15, 0.2) is 41.8 Å². The Hall–Kier alpha value is -1.76. The number of hydrogen-bond acceptors (Lipinski definition) is 4. The molecule has 1 saturated heterocycles. The number of carbonyl (C=O) groups is 1. The van der Waals surface area contributed by atoms with E-state index >= 15 is 0 Å². The number of carbonyl (C=O) groups excluding carboxylic acids is 1. The van der Waals surface area contributed by atoms with Crippen molar-refractivity contribution in [1.82, 2.24) is 9.80 Å². The summed E-state index contributed by atoms with van der Waals surface area (Å²) in [5, 5.41) is 4.73. The van der Waals surface area contributed by atoms with E-state index in [9.17, 15) is 9.18 Å². The van der Waals surface area contributed by atoms with Crippen molar-refractivity contribution in [3.05, 3.63) is 52.5 Å². The molecule has 6 heteroatoms. The summed E-state index contributed by atoms with van der Waals surface area (Å²) in [5.74, 6) is -0.566. The van der Waals surface area contributed by atoms with Crippen LogP contribution in [0.4, 0.5) is 10.1 Å². The SMILES string of the molecule is O=C(CN1CCN(Cc2cccs2)CC1)Nc1ccccc1F. The van der Waals surface area contributed by atoms with Gasteiger partial charge in [-0.2, -0.15) is 0 Å². The fraction of sp³-hybridized carbons (Fsp3) is 0.353. The zero-order valence-corrected chi connectivity index (χ0v) is 13.7. The topological polar surface area (TPSA) is 35.6 Å². The Kier molecular flexibility index (Phi) is 5.38. The van der Waals surface area contributed by atoms with Gasteiger partial charge in [-0.05, 0) is 23.6 Å². The highest BCUT2D eigenvalue weighted by molar-refractivity contribution is 7.09. The predicted octanol–water partition coefficient (Wildman–Crippen LogP) is 2.64. The summed E-state index contributed by atoms with van der Waals surface area (Å²) in [7, 11) is 0. The minimum Gasteiger partial charge on any atom is -0.322 e. The molecule has 2 heterocycles. The largest absolute Gasteiger partial charge is 0.322 e. The van der Waals surface area contributed by atoms with E-state index in [0.717, 1.165) is 32.7 Å². The van der Waals surface area contributed by atoms with Crippen molar-refractivity contribution in [1.29, 1.82) is 0 Å². The Morgan fingerprint density at radius 3 is 2.52 bits per heavy atom. The number of piperazine rings is 1. The first-order valence-corrected chi connectivity index (χ1v) is 8.60.